The van der Waals surface area contributed by atoms with Gasteiger partial charge in [-0.2, -0.15) is 0 Å². The first-order chi connectivity index (χ1) is 7.90. The van der Waals surface area contributed by atoms with Crippen molar-refractivity contribution in [1.29, 1.82) is 0 Å². The highest BCUT2D eigenvalue weighted by molar-refractivity contribution is 9.10. The molecule has 0 saturated carbocycles. The van der Waals surface area contributed by atoms with Gasteiger partial charge in [-0.1, -0.05) is 47.4 Å². The van der Waals surface area contributed by atoms with Crippen LogP contribution in [0, 0.1) is 5.92 Å². The van der Waals surface area contributed by atoms with Crippen LogP contribution >= 0.6 is 27.5 Å². The van der Waals surface area contributed by atoms with Crippen molar-refractivity contribution in [2.75, 3.05) is 0 Å². The Hall–Kier alpha value is -0.0500. The van der Waals surface area contributed by atoms with E-state index >= 15 is 0 Å². The Balaban J connectivity index is 2.66. The predicted octanol–water partition coefficient (Wildman–Crippen LogP) is 5.19. The molecule has 0 heterocycles. The summed E-state index contributed by atoms with van der Waals surface area (Å²) in [6.07, 6.45) is 1.18. The molecule has 3 heteroatoms. The molecule has 0 aliphatic rings. The van der Waals surface area contributed by atoms with Crippen molar-refractivity contribution in [2.24, 2.45) is 5.92 Å². The van der Waals surface area contributed by atoms with Crippen molar-refractivity contribution in [3.05, 3.63) is 33.3 Å². The number of benzene rings is 1. The van der Waals surface area contributed by atoms with Crippen LogP contribution in [0.15, 0.2) is 22.7 Å². The molecule has 0 aromatic heterocycles. The van der Waals surface area contributed by atoms with Gasteiger partial charge in [0.2, 0.25) is 0 Å². The maximum Gasteiger partial charge on any atom is 0.0464 e. The van der Waals surface area contributed by atoms with Gasteiger partial charge in [0.1, 0.15) is 0 Å². The molecular formula is C14H21BrClN. The molecule has 0 fully saturated rings. The Morgan fingerprint density at radius 3 is 2.41 bits per heavy atom. The third-order valence-corrected chi connectivity index (χ3v) is 3.61. The molecule has 1 N–H and O–H groups in total. The second-order valence-electron chi connectivity index (χ2n) is 5.08. The maximum absolute atomic E-state index is 6.24. The number of nitrogens with one attached hydrogen (secondary N) is 1. The van der Waals surface area contributed by atoms with Crippen LogP contribution in [0.2, 0.25) is 5.02 Å². The summed E-state index contributed by atoms with van der Waals surface area (Å²) in [7, 11) is 0. The first-order valence-corrected chi connectivity index (χ1v) is 7.28. The maximum atomic E-state index is 6.24. The Bertz CT molecular complexity index is 365. The van der Waals surface area contributed by atoms with Crippen LogP contribution in [0.3, 0.4) is 0 Å². The number of rotatable bonds is 5. The lowest BCUT2D eigenvalue weighted by molar-refractivity contribution is 0.407. The summed E-state index contributed by atoms with van der Waals surface area (Å²) in [5, 5.41) is 4.40. The molecule has 0 amide bonds. The quantitative estimate of drug-likeness (QED) is 0.788. The van der Waals surface area contributed by atoms with Crippen LogP contribution in [0.4, 0.5) is 0 Å². The van der Waals surface area contributed by atoms with Gasteiger partial charge < -0.3 is 5.32 Å². The van der Waals surface area contributed by atoms with Crippen molar-refractivity contribution in [3.63, 3.8) is 0 Å². The fourth-order valence-corrected chi connectivity index (χ4v) is 2.98. The molecule has 1 aromatic carbocycles. The van der Waals surface area contributed by atoms with E-state index in [4.69, 9.17) is 11.6 Å². The Morgan fingerprint density at radius 2 is 1.88 bits per heavy atom. The van der Waals surface area contributed by atoms with E-state index in [1.165, 1.54) is 6.42 Å². The summed E-state index contributed by atoms with van der Waals surface area (Å²) in [4.78, 5) is 0. The second kappa shape index (κ2) is 6.77. The molecular weight excluding hydrogens is 298 g/mol. The molecule has 2 atom stereocenters. The van der Waals surface area contributed by atoms with E-state index in [2.05, 4.69) is 55.0 Å². The fraction of sp³-hybridized carbons (Fsp3) is 0.571. The van der Waals surface area contributed by atoms with Gasteiger partial charge in [0, 0.05) is 21.6 Å². The fourth-order valence-electron chi connectivity index (χ4n) is 2.14. The van der Waals surface area contributed by atoms with Crippen LogP contribution in [0.1, 0.15) is 45.7 Å². The zero-order chi connectivity index (χ0) is 13.0. The summed E-state index contributed by atoms with van der Waals surface area (Å²) in [6.45, 7) is 8.88. The zero-order valence-corrected chi connectivity index (χ0v) is 13.3. The minimum Gasteiger partial charge on any atom is -0.308 e. The van der Waals surface area contributed by atoms with Crippen LogP contribution in [-0.2, 0) is 0 Å². The van der Waals surface area contributed by atoms with E-state index in [9.17, 15) is 0 Å². The summed E-state index contributed by atoms with van der Waals surface area (Å²) >= 11 is 9.67. The predicted molar refractivity (Wildman–Crippen MR) is 79.6 cm³/mol. The minimum absolute atomic E-state index is 0.282. The van der Waals surface area contributed by atoms with E-state index < -0.39 is 0 Å². The van der Waals surface area contributed by atoms with Gasteiger partial charge >= 0.3 is 0 Å². The first kappa shape index (κ1) is 15.0. The summed E-state index contributed by atoms with van der Waals surface area (Å²) < 4.78 is 1.02. The highest BCUT2D eigenvalue weighted by Crippen LogP contribution is 2.26. The Labute approximate surface area is 118 Å². The highest BCUT2D eigenvalue weighted by atomic mass is 79.9. The molecule has 0 saturated heterocycles. The zero-order valence-electron chi connectivity index (χ0n) is 10.9. The molecule has 96 valence electrons. The first-order valence-electron chi connectivity index (χ1n) is 6.11. The van der Waals surface area contributed by atoms with Gasteiger partial charge in [0.25, 0.3) is 0 Å². The molecule has 0 aliphatic carbocycles. The number of hydrogen-bond donors (Lipinski definition) is 1. The molecule has 2 unspecified atom stereocenters. The lowest BCUT2D eigenvalue weighted by Gasteiger charge is -2.22. The average Bonchev–Trinajstić information content (AvgIpc) is 2.15. The van der Waals surface area contributed by atoms with E-state index in [1.807, 2.05) is 12.1 Å². The van der Waals surface area contributed by atoms with Crippen LogP contribution in [0.5, 0.6) is 0 Å². The molecule has 1 nitrogen and oxygen atoms in total. The Kier molecular flexibility index (Phi) is 5.98. The van der Waals surface area contributed by atoms with E-state index in [0.29, 0.717) is 12.0 Å². The lowest BCUT2D eigenvalue weighted by Crippen LogP contribution is -2.30. The smallest absolute Gasteiger partial charge is 0.0464 e. The van der Waals surface area contributed by atoms with Gasteiger partial charge in [0.15, 0.2) is 0 Å². The number of hydrogen-bond acceptors (Lipinski definition) is 1. The van der Waals surface area contributed by atoms with Gasteiger partial charge in [-0.05, 0) is 43.9 Å². The standard InChI is InChI=1S/C14H21BrClN/c1-9(2)7-10(3)17-11(4)13-6-5-12(15)8-14(13)16/h5-6,8-11,17H,7H2,1-4H3. The van der Waals surface area contributed by atoms with Crippen molar-refractivity contribution in [1.82, 2.24) is 5.32 Å². The minimum atomic E-state index is 0.282. The van der Waals surface area contributed by atoms with Gasteiger partial charge in [-0.3, -0.25) is 0 Å². The Morgan fingerprint density at radius 1 is 1.24 bits per heavy atom. The van der Waals surface area contributed by atoms with Crippen LogP contribution < -0.4 is 5.32 Å². The van der Waals surface area contributed by atoms with E-state index in [0.717, 1.165) is 15.1 Å². The molecule has 0 spiro atoms. The summed E-state index contributed by atoms with van der Waals surface area (Å²) in [5.74, 6) is 0.713. The molecule has 0 bridgehead atoms. The number of halogens is 2. The van der Waals surface area contributed by atoms with E-state index in [-0.39, 0.29) is 6.04 Å². The highest BCUT2D eigenvalue weighted by Gasteiger charge is 2.13. The lowest BCUT2D eigenvalue weighted by atomic mass is 10.0. The van der Waals surface area contributed by atoms with Crippen LogP contribution in [-0.4, -0.2) is 6.04 Å². The molecule has 0 aliphatic heterocycles. The normalized spacial score (nSPS) is 15.0. The monoisotopic (exact) mass is 317 g/mol. The topological polar surface area (TPSA) is 12.0 Å². The van der Waals surface area contributed by atoms with Crippen molar-refractivity contribution < 1.29 is 0 Å². The second-order valence-corrected chi connectivity index (χ2v) is 6.41. The van der Waals surface area contributed by atoms with E-state index in [1.54, 1.807) is 0 Å². The summed E-state index contributed by atoms with van der Waals surface area (Å²) in [6, 6.07) is 6.84. The van der Waals surface area contributed by atoms with Crippen LogP contribution in [0.25, 0.3) is 0 Å². The van der Waals surface area contributed by atoms with Crippen molar-refractivity contribution in [3.8, 4) is 0 Å². The summed E-state index contributed by atoms with van der Waals surface area (Å²) in [5.41, 5.74) is 1.16. The average molecular weight is 319 g/mol. The molecule has 0 radical (unpaired) electrons. The molecule has 1 aromatic rings. The van der Waals surface area contributed by atoms with Crippen molar-refractivity contribution in [2.45, 2.75) is 46.2 Å². The molecule has 17 heavy (non-hydrogen) atoms. The largest absolute Gasteiger partial charge is 0.308 e. The van der Waals surface area contributed by atoms with Gasteiger partial charge in [-0.15, -0.1) is 0 Å². The van der Waals surface area contributed by atoms with Gasteiger partial charge in [0.05, 0.1) is 0 Å². The molecule has 1 rings (SSSR count). The third-order valence-electron chi connectivity index (χ3n) is 2.79. The van der Waals surface area contributed by atoms with Gasteiger partial charge in [-0.25, -0.2) is 0 Å². The van der Waals surface area contributed by atoms with Crippen molar-refractivity contribution >= 4 is 27.5 Å². The third kappa shape index (κ3) is 4.99. The SMILES string of the molecule is CC(C)CC(C)NC(C)c1ccc(Br)cc1Cl.